The summed E-state index contributed by atoms with van der Waals surface area (Å²) in [6.07, 6.45) is -1.25. The van der Waals surface area contributed by atoms with Gasteiger partial charge in [0.2, 0.25) is 10.0 Å². The standard InChI is InChI=1S/C16H12Cl5NO3/c17-11-6-7-13(12(18)9-11)24-15(16(19,20)21)22-25-14(23)8-10-4-2-1-3-5-10/h1-7,9,15,22H,8H2/t15-/m0/s1. The first-order valence-corrected chi connectivity index (χ1v) is 8.82. The lowest BCUT2D eigenvalue weighted by atomic mass is 10.2. The van der Waals surface area contributed by atoms with E-state index in [9.17, 15) is 4.79 Å². The maximum atomic E-state index is 11.9. The largest absolute Gasteiger partial charge is 0.466 e. The third kappa shape index (κ3) is 6.74. The van der Waals surface area contributed by atoms with Crippen LogP contribution in [0.1, 0.15) is 5.56 Å². The molecule has 0 aliphatic heterocycles. The smallest absolute Gasteiger partial charge is 0.329 e. The van der Waals surface area contributed by atoms with Crippen LogP contribution in [-0.2, 0) is 16.1 Å². The fourth-order valence-electron chi connectivity index (χ4n) is 1.77. The highest BCUT2D eigenvalue weighted by molar-refractivity contribution is 6.68. The van der Waals surface area contributed by atoms with Crippen molar-refractivity contribution in [2.24, 2.45) is 0 Å². The van der Waals surface area contributed by atoms with E-state index < -0.39 is 16.0 Å². The van der Waals surface area contributed by atoms with E-state index in [-0.39, 0.29) is 17.2 Å². The van der Waals surface area contributed by atoms with E-state index >= 15 is 0 Å². The molecule has 134 valence electrons. The van der Waals surface area contributed by atoms with Crippen molar-refractivity contribution in [2.45, 2.75) is 16.4 Å². The Morgan fingerprint density at radius 1 is 1.08 bits per heavy atom. The van der Waals surface area contributed by atoms with Crippen molar-refractivity contribution in [3.63, 3.8) is 0 Å². The maximum absolute atomic E-state index is 11.9. The third-order valence-electron chi connectivity index (χ3n) is 2.91. The van der Waals surface area contributed by atoms with Gasteiger partial charge in [0.05, 0.1) is 11.4 Å². The van der Waals surface area contributed by atoms with Crippen LogP contribution in [0.4, 0.5) is 0 Å². The summed E-state index contributed by atoms with van der Waals surface area (Å²) in [6.45, 7) is 0. The van der Waals surface area contributed by atoms with Gasteiger partial charge in [-0.25, -0.2) is 0 Å². The Labute approximate surface area is 169 Å². The molecule has 0 fully saturated rings. The molecule has 1 atom stereocenters. The van der Waals surface area contributed by atoms with Gasteiger partial charge in [0.15, 0.2) is 0 Å². The number of hydrogen-bond acceptors (Lipinski definition) is 4. The molecule has 2 aromatic rings. The van der Waals surface area contributed by atoms with Crippen LogP contribution in [0.15, 0.2) is 48.5 Å². The van der Waals surface area contributed by atoms with Crippen LogP contribution in [0.3, 0.4) is 0 Å². The molecule has 1 N–H and O–H groups in total. The fourth-order valence-corrected chi connectivity index (χ4v) is 2.49. The van der Waals surface area contributed by atoms with E-state index in [4.69, 9.17) is 67.6 Å². The molecule has 25 heavy (non-hydrogen) atoms. The first-order valence-electron chi connectivity index (χ1n) is 6.93. The topological polar surface area (TPSA) is 47.6 Å². The fraction of sp³-hybridized carbons (Fsp3) is 0.188. The quantitative estimate of drug-likeness (QED) is 0.371. The van der Waals surface area contributed by atoms with Gasteiger partial charge >= 0.3 is 5.97 Å². The van der Waals surface area contributed by atoms with Gasteiger partial charge in [-0.2, -0.15) is 0 Å². The minimum Gasteiger partial charge on any atom is -0.466 e. The Hall–Kier alpha value is -0.880. The van der Waals surface area contributed by atoms with E-state index in [2.05, 4.69) is 5.48 Å². The zero-order valence-corrected chi connectivity index (χ0v) is 16.3. The SMILES string of the molecule is O=C(Cc1ccccc1)ON[C@@H](Oc1ccc(Cl)cc1Cl)C(Cl)(Cl)Cl. The lowest BCUT2D eigenvalue weighted by molar-refractivity contribution is -0.156. The molecule has 0 spiro atoms. The second kappa shape index (κ2) is 9.17. The van der Waals surface area contributed by atoms with E-state index in [1.807, 2.05) is 18.2 Å². The number of rotatable bonds is 6. The normalized spacial score (nSPS) is 12.5. The average molecular weight is 444 g/mol. The molecule has 0 amide bonds. The van der Waals surface area contributed by atoms with Crippen LogP contribution in [0.2, 0.25) is 10.0 Å². The zero-order chi connectivity index (χ0) is 18.4. The number of carbonyl (C=O) groups is 1. The summed E-state index contributed by atoms with van der Waals surface area (Å²) in [5.41, 5.74) is 3.09. The third-order valence-corrected chi connectivity index (χ3v) is 4.03. The van der Waals surface area contributed by atoms with Crippen molar-refractivity contribution in [1.29, 1.82) is 0 Å². The summed E-state index contributed by atoms with van der Waals surface area (Å²) in [5, 5.41) is 0.634. The molecule has 0 unspecified atom stereocenters. The number of hydrogen-bond donors (Lipinski definition) is 1. The van der Waals surface area contributed by atoms with Crippen LogP contribution in [0.25, 0.3) is 0 Å². The van der Waals surface area contributed by atoms with Crippen molar-refractivity contribution >= 4 is 64.0 Å². The van der Waals surface area contributed by atoms with Gasteiger partial charge in [-0.05, 0) is 23.8 Å². The van der Waals surface area contributed by atoms with E-state index in [1.165, 1.54) is 12.1 Å². The molecule has 0 aromatic heterocycles. The van der Waals surface area contributed by atoms with E-state index in [1.54, 1.807) is 18.2 Å². The van der Waals surface area contributed by atoms with Crippen LogP contribution in [0, 0.1) is 0 Å². The molecule has 2 aromatic carbocycles. The zero-order valence-electron chi connectivity index (χ0n) is 12.5. The van der Waals surface area contributed by atoms with Crippen LogP contribution in [0.5, 0.6) is 5.75 Å². The highest BCUT2D eigenvalue weighted by Gasteiger charge is 2.36. The molecule has 2 rings (SSSR count). The van der Waals surface area contributed by atoms with Gasteiger partial charge < -0.3 is 9.57 Å². The Morgan fingerprint density at radius 2 is 1.76 bits per heavy atom. The van der Waals surface area contributed by atoms with Gasteiger partial charge in [0, 0.05) is 5.02 Å². The highest BCUT2D eigenvalue weighted by atomic mass is 35.6. The summed E-state index contributed by atoms with van der Waals surface area (Å²) in [6, 6.07) is 13.6. The van der Waals surface area contributed by atoms with Crippen molar-refractivity contribution in [1.82, 2.24) is 5.48 Å². The summed E-state index contributed by atoms with van der Waals surface area (Å²) in [4.78, 5) is 16.8. The van der Waals surface area contributed by atoms with Gasteiger partial charge in [-0.15, -0.1) is 5.48 Å². The molecule has 4 nitrogen and oxygen atoms in total. The second-order valence-corrected chi connectivity index (χ2v) is 8.08. The van der Waals surface area contributed by atoms with E-state index in [0.717, 1.165) is 5.56 Å². The number of nitrogens with one attached hydrogen (secondary N) is 1. The molecule has 0 heterocycles. The van der Waals surface area contributed by atoms with Gasteiger partial charge in [-0.3, -0.25) is 4.79 Å². The molecule has 9 heteroatoms. The number of alkyl halides is 3. The van der Waals surface area contributed by atoms with Gasteiger partial charge in [-0.1, -0.05) is 88.3 Å². The average Bonchev–Trinajstić information content (AvgIpc) is 2.53. The Balaban J connectivity index is 1.99. The van der Waals surface area contributed by atoms with Gasteiger partial charge in [0.25, 0.3) is 0 Å². The van der Waals surface area contributed by atoms with Crippen molar-refractivity contribution < 1.29 is 14.4 Å². The monoisotopic (exact) mass is 441 g/mol. The number of halogens is 5. The van der Waals surface area contributed by atoms with Gasteiger partial charge in [0.1, 0.15) is 5.75 Å². The molecule has 0 aliphatic rings. The minimum absolute atomic E-state index is 0.0438. The first kappa shape index (κ1) is 20.4. The van der Waals surface area contributed by atoms with Crippen molar-refractivity contribution in [3.8, 4) is 5.75 Å². The maximum Gasteiger partial charge on any atom is 0.329 e. The number of hydroxylamine groups is 1. The molecule has 0 bridgehead atoms. The van der Waals surface area contributed by atoms with Crippen LogP contribution >= 0.6 is 58.0 Å². The molecule has 0 aliphatic carbocycles. The molecule has 0 saturated heterocycles. The second-order valence-electron chi connectivity index (χ2n) is 4.87. The van der Waals surface area contributed by atoms with Crippen molar-refractivity contribution in [2.75, 3.05) is 0 Å². The van der Waals surface area contributed by atoms with E-state index in [0.29, 0.717) is 5.02 Å². The van der Waals surface area contributed by atoms with Crippen LogP contribution < -0.4 is 10.2 Å². The molecule has 0 radical (unpaired) electrons. The molecular formula is C16H12Cl5NO3. The summed E-state index contributed by atoms with van der Waals surface area (Å²) in [5.74, 6) is -0.370. The number of ether oxygens (including phenoxy) is 1. The Morgan fingerprint density at radius 3 is 2.36 bits per heavy atom. The molecule has 0 saturated carbocycles. The molecular weight excluding hydrogens is 431 g/mol. The van der Waals surface area contributed by atoms with Crippen LogP contribution in [-0.4, -0.2) is 16.0 Å². The lowest BCUT2D eigenvalue weighted by Gasteiger charge is -2.25. The predicted molar refractivity (Wildman–Crippen MR) is 101 cm³/mol. The Kier molecular flexibility index (Phi) is 7.50. The lowest BCUT2D eigenvalue weighted by Crippen LogP contribution is -2.46. The summed E-state index contributed by atoms with van der Waals surface area (Å²) in [7, 11) is 0. The summed E-state index contributed by atoms with van der Waals surface area (Å²) >= 11 is 29.4. The highest BCUT2D eigenvalue weighted by Crippen LogP contribution is 2.35. The number of carbonyl (C=O) groups excluding carboxylic acids is 1. The first-order chi connectivity index (χ1) is 11.8. The Bertz CT molecular complexity index is 721. The number of benzene rings is 2. The predicted octanol–water partition coefficient (Wildman–Crippen LogP) is 5.36. The minimum atomic E-state index is -1.93. The summed E-state index contributed by atoms with van der Waals surface area (Å²) < 4.78 is 3.56. The van der Waals surface area contributed by atoms with Crippen molar-refractivity contribution in [3.05, 3.63) is 64.1 Å².